The van der Waals surface area contributed by atoms with Crippen LogP contribution in [0.25, 0.3) is 10.4 Å². The van der Waals surface area contributed by atoms with Gasteiger partial charge in [-0.25, -0.2) is 4.98 Å². The number of nitrogens with one attached hydrogen (secondary N) is 1. The van der Waals surface area contributed by atoms with Crippen LogP contribution in [-0.2, 0) is 17.3 Å². The zero-order chi connectivity index (χ0) is 23.2. The molecule has 1 aromatic carbocycles. The minimum Gasteiger partial charge on any atom is -0.347 e. The molecule has 1 N–H and O–H groups in total. The van der Waals surface area contributed by atoms with Gasteiger partial charge in [-0.05, 0) is 84.1 Å². The first-order valence-electron chi connectivity index (χ1n) is 13.2. The number of amides is 1. The summed E-state index contributed by atoms with van der Waals surface area (Å²) in [5.74, 6) is 0.732. The highest BCUT2D eigenvalue weighted by atomic mass is 32.1. The highest BCUT2D eigenvalue weighted by Gasteiger charge is 2.40. The summed E-state index contributed by atoms with van der Waals surface area (Å²) in [6.07, 6.45) is 13.6. The summed E-state index contributed by atoms with van der Waals surface area (Å²) in [4.78, 5) is 19.3. The molecule has 5 rings (SSSR count). The van der Waals surface area contributed by atoms with Crippen molar-refractivity contribution in [1.82, 2.24) is 10.3 Å². The lowest BCUT2D eigenvalue weighted by Gasteiger charge is -2.25. The van der Waals surface area contributed by atoms with Crippen molar-refractivity contribution in [3.8, 4) is 10.4 Å². The minimum absolute atomic E-state index is 0.0298. The molecule has 2 aromatic rings. The van der Waals surface area contributed by atoms with Gasteiger partial charge in [-0.1, -0.05) is 65.9 Å². The van der Waals surface area contributed by atoms with Crippen LogP contribution in [0.1, 0.15) is 119 Å². The number of rotatable bonds is 6. The molecule has 0 saturated heterocycles. The van der Waals surface area contributed by atoms with Gasteiger partial charge in [-0.2, -0.15) is 0 Å². The van der Waals surface area contributed by atoms with E-state index in [1.54, 1.807) is 11.3 Å². The second-order valence-electron chi connectivity index (χ2n) is 12.2. The molecule has 0 aliphatic heterocycles. The van der Waals surface area contributed by atoms with Gasteiger partial charge in [0.15, 0.2) is 5.01 Å². The maximum Gasteiger partial charge on any atom is 0.280 e. The first-order valence-corrected chi connectivity index (χ1v) is 14.0. The van der Waals surface area contributed by atoms with Crippen molar-refractivity contribution in [2.75, 3.05) is 0 Å². The SMILES string of the molecule is CC(C)(C)c1cc(-c2sc(C(=O)NC3CCC3)nc2CC2CCCCC2)cc(C2(C)CC2)c1. The van der Waals surface area contributed by atoms with Gasteiger partial charge < -0.3 is 5.32 Å². The molecule has 3 nitrogen and oxygen atoms in total. The first kappa shape index (κ1) is 23.1. The van der Waals surface area contributed by atoms with Gasteiger partial charge in [-0.3, -0.25) is 4.79 Å². The van der Waals surface area contributed by atoms with Gasteiger partial charge in [0.1, 0.15) is 0 Å². The van der Waals surface area contributed by atoms with Crippen LogP contribution in [0.2, 0.25) is 0 Å². The van der Waals surface area contributed by atoms with E-state index < -0.39 is 0 Å². The van der Waals surface area contributed by atoms with E-state index >= 15 is 0 Å². The average molecular weight is 465 g/mol. The Kier molecular flexibility index (Phi) is 6.18. The Hall–Kier alpha value is -1.68. The smallest absolute Gasteiger partial charge is 0.280 e. The van der Waals surface area contributed by atoms with E-state index in [2.05, 4.69) is 51.2 Å². The maximum atomic E-state index is 13.0. The fraction of sp³-hybridized carbons (Fsp3) is 0.655. The van der Waals surface area contributed by atoms with Crippen molar-refractivity contribution in [3.05, 3.63) is 40.0 Å². The van der Waals surface area contributed by atoms with Crippen molar-refractivity contribution in [3.63, 3.8) is 0 Å². The zero-order valence-electron chi connectivity index (χ0n) is 20.9. The zero-order valence-corrected chi connectivity index (χ0v) is 21.7. The molecular weight excluding hydrogens is 424 g/mol. The Morgan fingerprint density at radius 2 is 1.79 bits per heavy atom. The van der Waals surface area contributed by atoms with Crippen molar-refractivity contribution in [1.29, 1.82) is 0 Å². The van der Waals surface area contributed by atoms with Crippen molar-refractivity contribution in [2.45, 2.75) is 115 Å². The van der Waals surface area contributed by atoms with E-state index in [-0.39, 0.29) is 11.3 Å². The van der Waals surface area contributed by atoms with E-state index in [0.29, 0.717) is 22.4 Å². The van der Waals surface area contributed by atoms with Crippen LogP contribution in [0.5, 0.6) is 0 Å². The molecule has 3 fully saturated rings. The van der Waals surface area contributed by atoms with Gasteiger partial charge in [0, 0.05) is 6.04 Å². The van der Waals surface area contributed by atoms with E-state index in [9.17, 15) is 4.79 Å². The summed E-state index contributed by atoms with van der Waals surface area (Å²) in [6.45, 7) is 9.31. The van der Waals surface area contributed by atoms with E-state index in [0.717, 1.165) is 25.0 Å². The summed E-state index contributed by atoms with van der Waals surface area (Å²) < 4.78 is 0. The summed E-state index contributed by atoms with van der Waals surface area (Å²) in [5.41, 5.74) is 5.69. The third kappa shape index (κ3) is 5.06. The summed E-state index contributed by atoms with van der Waals surface area (Å²) in [6, 6.07) is 7.56. The molecule has 3 saturated carbocycles. The van der Waals surface area contributed by atoms with Crippen LogP contribution in [-0.4, -0.2) is 16.9 Å². The number of nitrogens with zero attached hydrogens (tertiary/aromatic N) is 1. The monoisotopic (exact) mass is 464 g/mol. The molecule has 0 bridgehead atoms. The van der Waals surface area contributed by atoms with Crippen LogP contribution in [0.4, 0.5) is 0 Å². The van der Waals surface area contributed by atoms with E-state index in [1.165, 1.54) is 72.9 Å². The standard InChI is InChI=1S/C29H40N2OS/c1-28(2,3)21-16-20(17-22(18-21)29(4)13-14-29)25-24(15-19-9-6-5-7-10-19)31-27(33-25)26(32)30-23-11-8-12-23/h16-19,23H,5-15H2,1-4H3,(H,30,32). The van der Waals surface area contributed by atoms with Crippen LogP contribution in [0.3, 0.4) is 0 Å². The van der Waals surface area contributed by atoms with Crippen molar-refractivity contribution < 1.29 is 4.79 Å². The highest BCUT2D eigenvalue weighted by molar-refractivity contribution is 7.17. The third-order valence-corrected chi connectivity index (χ3v) is 9.44. The summed E-state index contributed by atoms with van der Waals surface area (Å²) in [7, 11) is 0. The van der Waals surface area contributed by atoms with Crippen LogP contribution < -0.4 is 5.32 Å². The van der Waals surface area contributed by atoms with Gasteiger partial charge >= 0.3 is 0 Å². The molecule has 0 unspecified atom stereocenters. The predicted molar refractivity (Wildman–Crippen MR) is 138 cm³/mol. The largest absolute Gasteiger partial charge is 0.347 e. The van der Waals surface area contributed by atoms with E-state index in [1.807, 2.05) is 0 Å². The first-order chi connectivity index (χ1) is 15.7. The normalized spacial score (nSPS) is 21.0. The number of thiazole rings is 1. The second-order valence-corrected chi connectivity index (χ2v) is 13.2. The van der Waals surface area contributed by atoms with Crippen LogP contribution in [0.15, 0.2) is 18.2 Å². The number of carbonyl (C=O) groups is 1. The van der Waals surface area contributed by atoms with Gasteiger partial charge in [-0.15, -0.1) is 11.3 Å². The summed E-state index contributed by atoms with van der Waals surface area (Å²) in [5, 5.41) is 3.87. The Labute approximate surface area is 203 Å². The fourth-order valence-corrected chi connectivity index (χ4v) is 6.28. The van der Waals surface area contributed by atoms with E-state index in [4.69, 9.17) is 4.98 Å². The molecule has 0 radical (unpaired) electrons. The van der Waals surface area contributed by atoms with Crippen molar-refractivity contribution >= 4 is 17.2 Å². The number of hydrogen-bond acceptors (Lipinski definition) is 3. The average Bonchev–Trinajstić information content (AvgIpc) is 3.37. The molecule has 0 spiro atoms. The lowest BCUT2D eigenvalue weighted by molar-refractivity contribution is 0.0916. The van der Waals surface area contributed by atoms with Gasteiger partial charge in [0.05, 0.1) is 10.6 Å². The molecule has 1 aromatic heterocycles. The predicted octanol–water partition coefficient (Wildman–Crippen LogP) is 7.56. The molecule has 0 atom stereocenters. The lowest BCUT2D eigenvalue weighted by Crippen LogP contribution is -2.39. The third-order valence-electron chi connectivity index (χ3n) is 8.30. The Morgan fingerprint density at radius 1 is 1.06 bits per heavy atom. The number of carbonyl (C=O) groups excluding carboxylic acids is 1. The number of aromatic nitrogens is 1. The molecule has 1 amide bonds. The number of benzene rings is 1. The Bertz CT molecular complexity index is 993. The van der Waals surface area contributed by atoms with Crippen LogP contribution >= 0.6 is 11.3 Å². The number of hydrogen-bond donors (Lipinski definition) is 1. The van der Waals surface area contributed by atoms with Crippen molar-refractivity contribution in [2.24, 2.45) is 5.92 Å². The molecular formula is C29H40N2OS. The lowest BCUT2D eigenvalue weighted by atomic mass is 9.82. The Balaban J connectivity index is 1.54. The molecule has 178 valence electrons. The fourth-order valence-electron chi connectivity index (χ4n) is 5.29. The van der Waals surface area contributed by atoms with Gasteiger partial charge in [0.25, 0.3) is 5.91 Å². The minimum atomic E-state index is 0.0298. The molecule has 4 heteroatoms. The summed E-state index contributed by atoms with van der Waals surface area (Å²) >= 11 is 1.62. The van der Waals surface area contributed by atoms with Crippen LogP contribution in [0, 0.1) is 5.92 Å². The quantitative estimate of drug-likeness (QED) is 0.479. The Morgan fingerprint density at radius 3 is 2.39 bits per heavy atom. The maximum absolute atomic E-state index is 13.0. The molecule has 1 heterocycles. The molecule has 3 aliphatic rings. The highest BCUT2D eigenvalue weighted by Crippen LogP contribution is 2.50. The molecule has 3 aliphatic carbocycles. The second kappa shape index (κ2) is 8.83. The topological polar surface area (TPSA) is 42.0 Å². The van der Waals surface area contributed by atoms with Gasteiger partial charge in [0.2, 0.25) is 0 Å². The molecule has 33 heavy (non-hydrogen) atoms.